The number of carbonyl (C=O) groups is 1. The van der Waals surface area contributed by atoms with Crippen LogP contribution < -0.4 is 5.32 Å². The van der Waals surface area contributed by atoms with E-state index in [1.54, 1.807) is 13.0 Å². The van der Waals surface area contributed by atoms with Gasteiger partial charge in [0.2, 0.25) is 0 Å². The van der Waals surface area contributed by atoms with Gasteiger partial charge in [-0.1, -0.05) is 23.2 Å². The van der Waals surface area contributed by atoms with Crippen LogP contribution in [0.1, 0.15) is 21.6 Å². The van der Waals surface area contributed by atoms with Crippen LogP contribution in [0.15, 0.2) is 36.7 Å². The second-order valence-electron chi connectivity index (χ2n) is 5.44. The van der Waals surface area contributed by atoms with Crippen molar-refractivity contribution < 1.29 is 18.0 Å². The van der Waals surface area contributed by atoms with E-state index in [2.05, 4.69) is 20.4 Å². The number of pyridine rings is 2. The van der Waals surface area contributed by atoms with Gasteiger partial charge >= 0.3 is 6.18 Å². The summed E-state index contributed by atoms with van der Waals surface area (Å²) in [5.41, 5.74) is -0.211. The SMILES string of the molecule is Cc1cc(NC(=O)c2cnc(Cl)c(Cl)c2)n(-c2ccc(C(F)(F)F)cn2)n1. The number of aryl methyl sites for hydroxylation is 1. The Morgan fingerprint density at radius 3 is 2.48 bits per heavy atom. The van der Waals surface area contributed by atoms with Crippen LogP contribution in [0, 0.1) is 6.92 Å². The second-order valence-corrected chi connectivity index (χ2v) is 6.20. The average Bonchev–Trinajstić information content (AvgIpc) is 2.97. The quantitative estimate of drug-likeness (QED) is 0.636. The minimum atomic E-state index is -4.50. The van der Waals surface area contributed by atoms with Gasteiger partial charge in [-0.05, 0) is 25.1 Å². The summed E-state index contributed by atoms with van der Waals surface area (Å²) >= 11 is 11.6. The molecule has 140 valence electrons. The zero-order valence-corrected chi connectivity index (χ0v) is 15.1. The summed E-state index contributed by atoms with van der Waals surface area (Å²) in [5, 5.41) is 6.91. The number of amides is 1. The van der Waals surface area contributed by atoms with E-state index in [0.29, 0.717) is 11.9 Å². The standard InChI is InChI=1S/C16H10Cl2F3N5O/c1-8-4-13(24-15(27)9-5-11(17)14(18)23-6-9)26(25-8)12-3-2-10(7-22-12)16(19,20)21/h2-7H,1H3,(H,24,27). The zero-order valence-electron chi connectivity index (χ0n) is 13.6. The van der Waals surface area contributed by atoms with Gasteiger partial charge < -0.3 is 5.32 Å². The van der Waals surface area contributed by atoms with Crippen LogP contribution in [0.3, 0.4) is 0 Å². The van der Waals surface area contributed by atoms with Gasteiger partial charge in [-0.3, -0.25) is 4.79 Å². The normalized spacial score (nSPS) is 11.5. The summed E-state index contributed by atoms with van der Waals surface area (Å²) in [7, 11) is 0. The van der Waals surface area contributed by atoms with Gasteiger partial charge in [-0.25, -0.2) is 9.97 Å². The molecule has 3 rings (SSSR count). The molecule has 3 aromatic rings. The Bertz CT molecular complexity index is 1000. The zero-order chi connectivity index (χ0) is 19.8. The summed E-state index contributed by atoms with van der Waals surface area (Å²) in [4.78, 5) is 20.0. The van der Waals surface area contributed by atoms with Crippen LogP contribution in [0.2, 0.25) is 10.2 Å². The molecule has 0 saturated carbocycles. The second kappa shape index (κ2) is 7.16. The molecule has 0 fully saturated rings. The third-order valence-corrected chi connectivity index (χ3v) is 4.11. The van der Waals surface area contributed by atoms with E-state index in [1.807, 2.05) is 0 Å². The van der Waals surface area contributed by atoms with Crippen LogP contribution >= 0.6 is 23.2 Å². The van der Waals surface area contributed by atoms with Gasteiger partial charge in [0.25, 0.3) is 5.91 Å². The lowest BCUT2D eigenvalue weighted by Crippen LogP contribution is -2.16. The predicted octanol–water partition coefficient (Wildman–Crippen LogP) is 4.55. The number of aromatic nitrogens is 4. The summed E-state index contributed by atoms with van der Waals surface area (Å²) in [5.74, 6) is -0.219. The fourth-order valence-corrected chi connectivity index (χ4v) is 2.45. The highest BCUT2D eigenvalue weighted by atomic mass is 35.5. The number of rotatable bonds is 3. The van der Waals surface area contributed by atoms with Gasteiger partial charge in [0.05, 0.1) is 21.8 Å². The molecular formula is C16H10Cl2F3N5O. The molecule has 0 atom stereocenters. The Kier molecular flexibility index (Phi) is 5.07. The summed E-state index contributed by atoms with van der Waals surface area (Å²) in [6, 6.07) is 4.93. The van der Waals surface area contributed by atoms with Crippen molar-refractivity contribution in [3.8, 4) is 5.82 Å². The molecular weight excluding hydrogens is 406 g/mol. The monoisotopic (exact) mass is 415 g/mol. The van der Waals surface area contributed by atoms with Crippen molar-refractivity contribution in [3.05, 3.63) is 63.7 Å². The number of hydrogen-bond acceptors (Lipinski definition) is 4. The first-order chi connectivity index (χ1) is 12.6. The smallest absolute Gasteiger partial charge is 0.306 e. The third-order valence-electron chi connectivity index (χ3n) is 3.42. The van der Waals surface area contributed by atoms with Crippen LogP contribution in [-0.4, -0.2) is 25.7 Å². The van der Waals surface area contributed by atoms with Crippen LogP contribution in [0.5, 0.6) is 0 Å². The molecule has 0 aromatic carbocycles. The highest BCUT2D eigenvalue weighted by molar-refractivity contribution is 6.41. The van der Waals surface area contributed by atoms with Crippen molar-refractivity contribution in [2.45, 2.75) is 13.1 Å². The molecule has 3 aromatic heterocycles. The first kappa shape index (κ1) is 19.1. The molecule has 0 unspecified atom stereocenters. The topological polar surface area (TPSA) is 72.7 Å². The average molecular weight is 416 g/mol. The fourth-order valence-electron chi connectivity index (χ4n) is 2.18. The van der Waals surface area contributed by atoms with Gasteiger partial charge in [0.1, 0.15) is 11.0 Å². The lowest BCUT2D eigenvalue weighted by Gasteiger charge is -2.10. The molecule has 1 N–H and O–H groups in total. The van der Waals surface area contributed by atoms with Gasteiger partial charge in [0.15, 0.2) is 5.82 Å². The first-order valence-corrected chi connectivity index (χ1v) is 8.13. The molecule has 11 heteroatoms. The van der Waals surface area contributed by atoms with Crippen molar-refractivity contribution in [1.82, 2.24) is 19.7 Å². The number of anilines is 1. The van der Waals surface area contributed by atoms with E-state index in [-0.39, 0.29) is 27.4 Å². The van der Waals surface area contributed by atoms with Crippen LogP contribution in [-0.2, 0) is 6.18 Å². The largest absolute Gasteiger partial charge is 0.417 e. The van der Waals surface area contributed by atoms with Crippen molar-refractivity contribution >= 4 is 34.9 Å². The van der Waals surface area contributed by atoms with Crippen molar-refractivity contribution in [3.63, 3.8) is 0 Å². The van der Waals surface area contributed by atoms with Gasteiger partial charge in [-0.15, -0.1) is 0 Å². The molecule has 0 radical (unpaired) electrons. The third kappa shape index (κ3) is 4.20. The predicted molar refractivity (Wildman–Crippen MR) is 93.3 cm³/mol. The van der Waals surface area contributed by atoms with Crippen LogP contribution in [0.4, 0.5) is 19.0 Å². The minimum absolute atomic E-state index is 0.0584. The van der Waals surface area contributed by atoms with E-state index in [9.17, 15) is 18.0 Å². The highest BCUT2D eigenvalue weighted by Gasteiger charge is 2.30. The number of carbonyl (C=O) groups excluding carboxylic acids is 1. The number of hydrogen-bond donors (Lipinski definition) is 1. The Morgan fingerprint density at radius 1 is 1.15 bits per heavy atom. The lowest BCUT2D eigenvalue weighted by atomic mass is 10.2. The molecule has 0 aliphatic heterocycles. The van der Waals surface area contributed by atoms with Crippen LogP contribution in [0.25, 0.3) is 5.82 Å². The first-order valence-electron chi connectivity index (χ1n) is 7.38. The number of alkyl halides is 3. The number of nitrogens with zero attached hydrogens (tertiary/aromatic N) is 4. The number of nitrogens with one attached hydrogen (secondary N) is 1. The van der Waals surface area contributed by atoms with Crippen molar-refractivity contribution in [2.75, 3.05) is 5.32 Å². The summed E-state index contributed by atoms with van der Waals surface area (Å²) in [6.45, 7) is 1.66. The molecule has 6 nitrogen and oxygen atoms in total. The Balaban J connectivity index is 1.90. The summed E-state index contributed by atoms with van der Waals surface area (Å²) < 4.78 is 39.3. The maximum absolute atomic E-state index is 12.7. The van der Waals surface area contributed by atoms with Crippen molar-refractivity contribution in [2.24, 2.45) is 0 Å². The fraction of sp³-hybridized carbons (Fsp3) is 0.125. The van der Waals surface area contributed by atoms with Gasteiger partial charge in [0, 0.05) is 18.5 Å². The Hall–Kier alpha value is -2.65. The minimum Gasteiger partial charge on any atom is -0.306 e. The Morgan fingerprint density at radius 2 is 1.89 bits per heavy atom. The molecule has 0 spiro atoms. The maximum atomic E-state index is 12.7. The molecule has 0 aliphatic rings. The summed E-state index contributed by atoms with van der Waals surface area (Å²) in [6.07, 6.45) is -2.56. The molecule has 27 heavy (non-hydrogen) atoms. The van der Waals surface area contributed by atoms with E-state index in [0.717, 1.165) is 12.1 Å². The number of halogens is 5. The van der Waals surface area contributed by atoms with E-state index in [1.165, 1.54) is 16.9 Å². The molecule has 0 saturated heterocycles. The van der Waals surface area contributed by atoms with Crippen molar-refractivity contribution in [1.29, 1.82) is 0 Å². The lowest BCUT2D eigenvalue weighted by molar-refractivity contribution is -0.137. The van der Waals surface area contributed by atoms with E-state index < -0.39 is 17.6 Å². The highest BCUT2D eigenvalue weighted by Crippen LogP contribution is 2.29. The molecule has 0 bridgehead atoms. The van der Waals surface area contributed by atoms with E-state index >= 15 is 0 Å². The van der Waals surface area contributed by atoms with Gasteiger partial charge in [-0.2, -0.15) is 23.0 Å². The molecule has 0 aliphatic carbocycles. The van der Waals surface area contributed by atoms with E-state index in [4.69, 9.17) is 23.2 Å². The molecule has 3 heterocycles. The molecule has 1 amide bonds. The maximum Gasteiger partial charge on any atom is 0.417 e. The Labute approximate surface area is 161 Å².